The third-order valence-electron chi connectivity index (χ3n) is 5.45. The van der Waals surface area contributed by atoms with Crippen LogP contribution >= 0.6 is 0 Å². The highest BCUT2D eigenvalue weighted by Crippen LogP contribution is 2.20. The summed E-state index contributed by atoms with van der Waals surface area (Å²) in [6.45, 7) is 8.87. The van der Waals surface area contributed by atoms with Crippen molar-refractivity contribution < 1.29 is 14.6 Å². The second-order valence-corrected chi connectivity index (χ2v) is 7.88. The number of rotatable bonds is 8. The van der Waals surface area contributed by atoms with Crippen molar-refractivity contribution in [2.45, 2.75) is 27.0 Å². The number of aromatic carboxylic acids is 1. The summed E-state index contributed by atoms with van der Waals surface area (Å²) < 4.78 is 5.93. The van der Waals surface area contributed by atoms with Crippen LogP contribution in [0.3, 0.4) is 0 Å². The SMILES string of the molecule is C=c1cccc/c1=C/C=C(\C)N(C)Cc1cccc(OCc2cccc(C)c2C(=O)O)c1. The van der Waals surface area contributed by atoms with E-state index in [1.165, 1.54) is 0 Å². The quantitative estimate of drug-likeness (QED) is 0.575. The molecule has 3 aromatic rings. The van der Waals surface area contributed by atoms with Crippen LogP contribution in [0.25, 0.3) is 12.7 Å². The van der Waals surface area contributed by atoms with Crippen LogP contribution < -0.4 is 15.2 Å². The highest BCUT2D eigenvalue weighted by molar-refractivity contribution is 5.91. The molecule has 0 aliphatic carbocycles. The van der Waals surface area contributed by atoms with E-state index in [2.05, 4.69) is 49.7 Å². The summed E-state index contributed by atoms with van der Waals surface area (Å²) in [4.78, 5) is 13.8. The van der Waals surface area contributed by atoms with E-state index in [9.17, 15) is 9.90 Å². The molecule has 4 heteroatoms. The molecule has 0 aliphatic heterocycles. The predicted octanol–water partition coefficient (Wildman–Crippen LogP) is 4.50. The molecule has 0 aliphatic rings. The zero-order chi connectivity index (χ0) is 23.1. The monoisotopic (exact) mass is 427 g/mol. The molecular weight excluding hydrogens is 398 g/mol. The lowest BCUT2D eigenvalue weighted by Crippen LogP contribution is -2.21. The first kappa shape index (κ1) is 22.9. The molecule has 0 aromatic heterocycles. The van der Waals surface area contributed by atoms with E-state index in [1.807, 2.05) is 42.5 Å². The van der Waals surface area contributed by atoms with Gasteiger partial charge in [-0.25, -0.2) is 4.79 Å². The molecule has 0 saturated heterocycles. The lowest BCUT2D eigenvalue weighted by Gasteiger charge is -2.20. The fraction of sp³-hybridized carbons (Fsp3) is 0.179. The minimum Gasteiger partial charge on any atom is -0.489 e. The largest absolute Gasteiger partial charge is 0.489 e. The summed E-state index contributed by atoms with van der Waals surface area (Å²) in [7, 11) is 2.05. The van der Waals surface area contributed by atoms with Gasteiger partial charge in [0.25, 0.3) is 0 Å². The first-order valence-corrected chi connectivity index (χ1v) is 10.5. The molecule has 0 spiro atoms. The highest BCUT2D eigenvalue weighted by Gasteiger charge is 2.13. The topological polar surface area (TPSA) is 49.8 Å². The van der Waals surface area contributed by atoms with Crippen LogP contribution in [0.15, 0.2) is 78.5 Å². The number of allylic oxidation sites excluding steroid dienone is 2. The summed E-state index contributed by atoms with van der Waals surface area (Å²) in [6, 6.07) is 21.4. The van der Waals surface area contributed by atoms with Gasteiger partial charge in [0, 0.05) is 24.9 Å². The van der Waals surface area contributed by atoms with Gasteiger partial charge in [-0.3, -0.25) is 0 Å². The summed E-state index contributed by atoms with van der Waals surface area (Å²) in [6.07, 6.45) is 4.17. The molecule has 3 rings (SSSR count). The number of nitrogens with zero attached hydrogens (tertiary/aromatic N) is 1. The molecule has 0 bridgehead atoms. The van der Waals surface area contributed by atoms with E-state index in [0.29, 0.717) is 16.9 Å². The van der Waals surface area contributed by atoms with Gasteiger partial charge < -0.3 is 14.7 Å². The van der Waals surface area contributed by atoms with E-state index >= 15 is 0 Å². The van der Waals surface area contributed by atoms with Crippen molar-refractivity contribution in [3.63, 3.8) is 0 Å². The van der Waals surface area contributed by atoms with E-state index < -0.39 is 5.97 Å². The van der Waals surface area contributed by atoms with Crippen molar-refractivity contribution in [2.24, 2.45) is 0 Å². The number of hydrogen-bond donors (Lipinski definition) is 1. The number of benzene rings is 3. The number of aryl methyl sites for hydroxylation is 1. The minimum atomic E-state index is -0.933. The summed E-state index contributed by atoms with van der Waals surface area (Å²) in [5.41, 5.74) is 3.95. The predicted molar refractivity (Wildman–Crippen MR) is 130 cm³/mol. The van der Waals surface area contributed by atoms with E-state index in [4.69, 9.17) is 4.74 Å². The van der Waals surface area contributed by atoms with Crippen LogP contribution in [-0.2, 0) is 13.2 Å². The van der Waals surface area contributed by atoms with Gasteiger partial charge in [0.2, 0.25) is 0 Å². The second-order valence-electron chi connectivity index (χ2n) is 7.88. The Morgan fingerprint density at radius 2 is 1.84 bits per heavy atom. The van der Waals surface area contributed by atoms with Gasteiger partial charge in [-0.2, -0.15) is 0 Å². The maximum atomic E-state index is 11.6. The van der Waals surface area contributed by atoms with E-state index in [-0.39, 0.29) is 6.61 Å². The third kappa shape index (κ3) is 5.88. The lowest BCUT2D eigenvalue weighted by molar-refractivity contribution is 0.0693. The van der Waals surface area contributed by atoms with Crippen LogP contribution in [0.1, 0.15) is 34.0 Å². The van der Waals surface area contributed by atoms with Gasteiger partial charge in [0.1, 0.15) is 12.4 Å². The van der Waals surface area contributed by atoms with Crippen molar-refractivity contribution in [2.75, 3.05) is 7.05 Å². The third-order valence-corrected chi connectivity index (χ3v) is 5.45. The Kier molecular flexibility index (Phi) is 7.50. The zero-order valence-corrected chi connectivity index (χ0v) is 18.8. The molecule has 0 radical (unpaired) electrons. The van der Waals surface area contributed by atoms with Crippen LogP contribution in [-0.4, -0.2) is 23.0 Å². The van der Waals surface area contributed by atoms with Crippen molar-refractivity contribution in [3.8, 4) is 5.75 Å². The summed E-state index contributed by atoms with van der Waals surface area (Å²) in [5, 5.41) is 11.6. The minimum absolute atomic E-state index is 0.209. The molecule has 0 saturated carbocycles. The van der Waals surface area contributed by atoms with Gasteiger partial charge in [-0.15, -0.1) is 0 Å². The maximum Gasteiger partial charge on any atom is 0.336 e. The molecule has 0 unspecified atom stereocenters. The average molecular weight is 428 g/mol. The fourth-order valence-electron chi connectivity index (χ4n) is 3.48. The number of carboxylic acids is 1. The van der Waals surface area contributed by atoms with Gasteiger partial charge in [0.05, 0.1) is 5.56 Å². The average Bonchev–Trinajstić information content (AvgIpc) is 2.77. The van der Waals surface area contributed by atoms with Crippen LogP contribution in [0.5, 0.6) is 5.75 Å². The Morgan fingerprint density at radius 1 is 1.09 bits per heavy atom. The molecule has 3 aromatic carbocycles. The van der Waals surface area contributed by atoms with Crippen LogP contribution in [0.4, 0.5) is 0 Å². The van der Waals surface area contributed by atoms with Crippen molar-refractivity contribution in [3.05, 3.63) is 111 Å². The highest BCUT2D eigenvalue weighted by atomic mass is 16.5. The Labute approximate surface area is 189 Å². The van der Waals surface area contributed by atoms with Crippen LogP contribution in [0, 0.1) is 6.92 Å². The fourth-order valence-corrected chi connectivity index (χ4v) is 3.48. The van der Waals surface area contributed by atoms with Gasteiger partial charge >= 0.3 is 5.97 Å². The van der Waals surface area contributed by atoms with Crippen molar-refractivity contribution in [1.82, 2.24) is 4.90 Å². The molecule has 0 heterocycles. The van der Waals surface area contributed by atoms with E-state index in [0.717, 1.165) is 33.8 Å². The van der Waals surface area contributed by atoms with Gasteiger partial charge in [-0.1, -0.05) is 67.3 Å². The van der Waals surface area contributed by atoms with E-state index in [1.54, 1.807) is 19.1 Å². The molecule has 4 nitrogen and oxygen atoms in total. The molecular formula is C28H29NO3. The Hall–Kier alpha value is -3.79. The van der Waals surface area contributed by atoms with Gasteiger partial charge in [-0.05, 0) is 53.6 Å². The molecule has 0 atom stereocenters. The molecule has 0 fully saturated rings. The number of hydrogen-bond acceptors (Lipinski definition) is 3. The number of carboxylic acid groups (broad SMARTS) is 1. The van der Waals surface area contributed by atoms with Gasteiger partial charge in [0.15, 0.2) is 0 Å². The van der Waals surface area contributed by atoms with Crippen molar-refractivity contribution >= 4 is 18.6 Å². The summed E-state index contributed by atoms with van der Waals surface area (Å²) >= 11 is 0. The zero-order valence-electron chi connectivity index (χ0n) is 18.8. The smallest absolute Gasteiger partial charge is 0.336 e. The summed E-state index contributed by atoms with van der Waals surface area (Å²) in [5.74, 6) is -0.217. The standard InChI is InChI=1S/C28H29NO3/c1-20-9-5-6-12-24(20)16-15-22(3)29(4)18-23-11-8-14-26(17-23)32-19-25-13-7-10-21(2)27(25)28(30)31/h5-17H,1,18-19H2,2-4H3,(H,30,31)/b22-15+,24-16-. The first-order valence-electron chi connectivity index (χ1n) is 10.5. The molecule has 164 valence electrons. The number of ether oxygens (including phenoxy) is 1. The Morgan fingerprint density at radius 3 is 2.59 bits per heavy atom. The second kappa shape index (κ2) is 10.5. The van der Waals surface area contributed by atoms with Crippen molar-refractivity contribution in [1.29, 1.82) is 0 Å². The molecule has 0 amide bonds. The first-order chi connectivity index (χ1) is 15.3. The number of carbonyl (C=O) groups is 1. The molecule has 1 N–H and O–H groups in total. The normalized spacial score (nSPS) is 12.0. The molecule has 32 heavy (non-hydrogen) atoms. The van der Waals surface area contributed by atoms with Crippen LogP contribution in [0.2, 0.25) is 0 Å². The Balaban J connectivity index is 1.69. The lowest BCUT2D eigenvalue weighted by atomic mass is 10.0. The maximum absolute atomic E-state index is 11.6. The Bertz CT molecular complexity index is 1240.